The molecule has 1 unspecified atom stereocenters. The summed E-state index contributed by atoms with van der Waals surface area (Å²) in [7, 11) is 0. The van der Waals surface area contributed by atoms with E-state index in [1.807, 2.05) is 56.3 Å². The SMILES string of the molecule is CCC(NNC(=S)/N=C1\SCC(=O)N1c1cc(Br)ccc1C)c1ccc(-c2ncn(-c3ccc(OC(F)(F)F)cc3)n2)cc1. The molecule has 5 rings (SSSR count). The molecule has 9 nitrogen and oxygen atoms in total. The number of rotatable bonds is 8. The Labute approximate surface area is 269 Å². The minimum absolute atomic E-state index is 0.0648. The number of hydrogen-bond donors (Lipinski definition) is 2. The van der Waals surface area contributed by atoms with Gasteiger partial charge in [0, 0.05) is 10.0 Å². The van der Waals surface area contributed by atoms with Crippen molar-refractivity contribution in [2.24, 2.45) is 4.99 Å². The van der Waals surface area contributed by atoms with Gasteiger partial charge in [-0.2, -0.15) is 4.99 Å². The number of halogens is 4. The number of aliphatic imine (C=N–C) groups is 1. The minimum Gasteiger partial charge on any atom is -0.406 e. The fourth-order valence-corrected chi connectivity index (χ4v) is 5.79. The molecule has 1 saturated heterocycles. The lowest BCUT2D eigenvalue weighted by Gasteiger charge is -2.20. The van der Waals surface area contributed by atoms with E-state index in [-0.39, 0.29) is 28.6 Å². The lowest BCUT2D eigenvalue weighted by atomic mass is 10.0. The van der Waals surface area contributed by atoms with Gasteiger partial charge in [-0.15, -0.1) is 18.3 Å². The number of amides is 1. The zero-order valence-corrected chi connectivity index (χ0v) is 26.5. The molecule has 1 aromatic heterocycles. The van der Waals surface area contributed by atoms with Crippen molar-refractivity contribution in [2.75, 3.05) is 10.7 Å². The molecule has 2 heterocycles. The molecule has 4 aromatic rings. The summed E-state index contributed by atoms with van der Waals surface area (Å²) in [4.78, 5) is 23.1. The molecule has 0 aliphatic carbocycles. The summed E-state index contributed by atoms with van der Waals surface area (Å²) in [6.45, 7) is 3.96. The zero-order chi connectivity index (χ0) is 31.4. The van der Waals surface area contributed by atoms with Crippen LogP contribution in [0, 0.1) is 6.92 Å². The van der Waals surface area contributed by atoms with Gasteiger partial charge in [0.25, 0.3) is 0 Å². The van der Waals surface area contributed by atoms with Crippen molar-refractivity contribution in [2.45, 2.75) is 32.7 Å². The highest BCUT2D eigenvalue weighted by atomic mass is 79.9. The molecule has 1 fully saturated rings. The number of thioether (sulfide) groups is 1. The van der Waals surface area contributed by atoms with Gasteiger partial charge in [-0.1, -0.05) is 64.9 Å². The number of aromatic nitrogens is 3. The van der Waals surface area contributed by atoms with Gasteiger partial charge in [-0.05, 0) is 73.1 Å². The summed E-state index contributed by atoms with van der Waals surface area (Å²) in [6, 6.07) is 18.7. The van der Waals surface area contributed by atoms with Gasteiger partial charge < -0.3 is 4.74 Å². The van der Waals surface area contributed by atoms with E-state index < -0.39 is 6.36 Å². The first kappa shape index (κ1) is 31.6. The van der Waals surface area contributed by atoms with Crippen molar-refractivity contribution in [1.29, 1.82) is 0 Å². The number of aryl methyl sites for hydroxylation is 1. The Kier molecular flexibility index (Phi) is 9.68. The third-order valence-corrected chi connectivity index (χ3v) is 8.14. The molecular formula is C29H25BrF3N7O2S2. The normalized spacial score (nSPS) is 15.1. The van der Waals surface area contributed by atoms with Crippen LogP contribution in [0.5, 0.6) is 5.75 Å². The Hall–Kier alpha value is -3.79. The lowest BCUT2D eigenvalue weighted by molar-refractivity contribution is -0.274. The summed E-state index contributed by atoms with van der Waals surface area (Å²) in [5.41, 5.74) is 10.2. The number of hydrazine groups is 1. The lowest BCUT2D eigenvalue weighted by Crippen LogP contribution is -2.39. The number of ether oxygens (including phenoxy) is 1. The molecule has 0 bridgehead atoms. The van der Waals surface area contributed by atoms with Crippen molar-refractivity contribution in [3.8, 4) is 22.8 Å². The zero-order valence-electron chi connectivity index (χ0n) is 23.3. The first-order valence-corrected chi connectivity index (χ1v) is 15.4. The highest BCUT2D eigenvalue weighted by molar-refractivity contribution is 9.10. The Morgan fingerprint density at radius 1 is 1.16 bits per heavy atom. The second-order valence-electron chi connectivity index (χ2n) is 9.55. The Balaban J connectivity index is 1.22. The number of benzene rings is 3. The van der Waals surface area contributed by atoms with Gasteiger partial charge in [0.2, 0.25) is 11.0 Å². The van der Waals surface area contributed by atoms with Crippen LogP contribution < -0.4 is 20.5 Å². The van der Waals surface area contributed by atoms with E-state index in [2.05, 4.69) is 46.6 Å². The van der Waals surface area contributed by atoms with Crippen LogP contribution in [0.3, 0.4) is 0 Å². The van der Waals surface area contributed by atoms with Crippen LogP contribution >= 0.6 is 39.9 Å². The number of carbonyl (C=O) groups is 1. The molecule has 0 radical (unpaired) electrons. The largest absolute Gasteiger partial charge is 0.573 e. The van der Waals surface area contributed by atoms with E-state index >= 15 is 0 Å². The predicted molar refractivity (Wildman–Crippen MR) is 172 cm³/mol. The van der Waals surface area contributed by atoms with E-state index in [1.165, 1.54) is 47.0 Å². The van der Waals surface area contributed by atoms with Crippen LogP contribution in [0.1, 0.15) is 30.5 Å². The highest BCUT2D eigenvalue weighted by Crippen LogP contribution is 2.32. The van der Waals surface area contributed by atoms with Crippen LogP contribution in [0.15, 0.2) is 82.5 Å². The summed E-state index contributed by atoms with van der Waals surface area (Å²) >= 11 is 10.3. The van der Waals surface area contributed by atoms with Crippen molar-refractivity contribution in [3.05, 3.63) is 88.7 Å². The van der Waals surface area contributed by atoms with Gasteiger partial charge in [0.1, 0.15) is 12.1 Å². The van der Waals surface area contributed by atoms with Crippen LogP contribution in [-0.4, -0.2) is 43.1 Å². The molecule has 0 spiro atoms. The van der Waals surface area contributed by atoms with Crippen LogP contribution in [-0.2, 0) is 4.79 Å². The number of anilines is 1. The van der Waals surface area contributed by atoms with Crippen LogP contribution in [0.4, 0.5) is 18.9 Å². The average Bonchev–Trinajstić information content (AvgIpc) is 3.62. The Morgan fingerprint density at radius 3 is 2.57 bits per heavy atom. The number of alkyl halides is 3. The molecule has 1 atom stereocenters. The van der Waals surface area contributed by atoms with E-state index in [0.717, 1.165) is 33.3 Å². The van der Waals surface area contributed by atoms with Crippen molar-refractivity contribution in [3.63, 3.8) is 0 Å². The molecule has 2 N–H and O–H groups in total. The molecule has 3 aromatic carbocycles. The monoisotopic (exact) mass is 703 g/mol. The number of hydrogen-bond acceptors (Lipinski definition) is 7. The number of thiocarbonyl (C=S) groups is 1. The summed E-state index contributed by atoms with van der Waals surface area (Å²) < 4.78 is 43.5. The first-order chi connectivity index (χ1) is 21.0. The Bertz CT molecular complexity index is 1700. The molecular weight excluding hydrogens is 679 g/mol. The van der Waals surface area contributed by atoms with Crippen molar-refractivity contribution >= 4 is 61.8 Å². The van der Waals surface area contributed by atoms with Gasteiger partial charge >= 0.3 is 6.36 Å². The number of nitrogens with zero attached hydrogens (tertiary/aromatic N) is 5. The van der Waals surface area contributed by atoms with Gasteiger partial charge in [-0.25, -0.2) is 15.1 Å². The predicted octanol–water partition coefficient (Wildman–Crippen LogP) is 6.87. The molecule has 1 aliphatic heterocycles. The number of nitrogens with one attached hydrogen (secondary N) is 2. The third-order valence-electron chi connectivity index (χ3n) is 6.53. The molecule has 0 saturated carbocycles. The maximum atomic E-state index is 12.7. The number of amidine groups is 1. The Morgan fingerprint density at radius 2 is 1.89 bits per heavy atom. The smallest absolute Gasteiger partial charge is 0.406 e. The van der Waals surface area contributed by atoms with Gasteiger partial charge in [-0.3, -0.25) is 15.1 Å². The van der Waals surface area contributed by atoms with E-state index in [9.17, 15) is 18.0 Å². The molecule has 1 amide bonds. The first-order valence-electron chi connectivity index (χ1n) is 13.2. The number of carbonyl (C=O) groups excluding carboxylic acids is 1. The van der Waals surface area contributed by atoms with Crippen LogP contribution in [0.2, 0.25) is 0 Å². The van der Waals surface area contributed by atoms with E-state index in [0.29, 0.717) is 16.7 Å². The fraction of sp³-hybridized carbons (Fsp3) is 0.207. The maximum Gasteiger partial charge on any atom is 0.573 e. The minimum atomic E-state index is -4.76. The highest BCUT2D eigenvalue weighted by Gasteiger charge is 2.32. The molecule has 228 valence electrons. The average molecular weight is 705 g/mol. The molecule has 1 aliphatic rings. The summed E-state index contributed by atoms with van der Waals surface area (Å²) in [5, 5.41) is 5.15. The maximum absolute atomic E-state index is 12.7. The fourth-order valence-electron chi connectivity index (χ4n) is 4.37. The van der Waals surface area contributed by atoms with Gasteiger partial charge in [0.05, 0.1) is 23.2 Å². The van der Waals surface area contributed by atoms with Crippen molar-refractivity contribution in [1.82, 2.24) is 25.6 Å². The molecule has 44 heavy (non-hydrogen) atoms. The van der Waals surface area contributed by atoms with Crippen LogP contribution in [0.25, 0.3) is 17.1 Å². The van der Waals surface area contributed by atoms with Gasteiger partial charge in [0.15, 0.2) is 11.0 Å². The standard InChI is InChI=1S/C29H25BrF3N7O2S2/c1-3-23(36-37-27(43)35-28-40(25(41)15-44-28)24-14-20(30)9-4-17(24)2)18-5-7-19(8-6-18)26-34-16-39(38-26)21-10-12-22(13-11-21)42-29(31,32)33/h4-14,16,23,36H,3,15H2,1-2H3,(H,37,43)/b35-28-. The summed E-state index contributed by atoms with van der Waals surface area (Å²) in [5.74, 6) is 0.354. The van der Waals surface area contributed by atoms with Crippen molar-refractivity contribution < 1.29 is 22.7 Å². The van der Waals surface area contributed by atoms with E-state index in [1.54, 1.807) is 4.90 Å². The topological polar surface area (TPSA) is 96.7 Å². The second-order valence-corrected chi connectivity index (χ2v) is 11.8. The van der Waals surface area contributed by atoms with E-state index in [4.69, 9.17) is 12.2 Å². The summed E-state index contributed by atoms with van der Waals surface area (Å²) in [6.07, 6.45) is -2.53. The third kappa shape index (κ3) is 7.64. The second kappa shape index (κ2) is 13.5. The quantitative estimate of drug-likeness (QED) is 0.152. The molecule has 15 heteroatoms.